The first-order valence-electron chi connectivity index (χ1n) is 14.1. The van der Waals surface area contributed by atoms with Crippen LogP contribution in [0, 0.1) is 0 Å². The SMILES string of the molecule is CN(C)CCCSCCOc1nccc(-c2ccc(-c3ccc(-c4ccnc(OCCSCCCN(C)C)n4)s3)s2)n1. The molecule has 0 saturated heterocycles. The topological polar surface area (TPSA) is 76.5 Å². The molecule has 0 saturated carbocycles. The van der Waals surface area contributed by atoms with Gasteiger partial charge in [0.2, 0.25) is 0 Å². The summed E-state index contributed by atoms with van der Waals surface area (Å²) in [6, 6.07) is 13.2. The number of hydrogen-bond acceptors (Lipinski definition) is 12. The van der Waals surface area contributed by atoms with Gasteiger partial charge in [0.15, 0.2) is 0 Å². The molecule has 4 aromatic heterocycles. The molecule has 0 atom stereocenters. The summed E-state index contributed by atoms with van der Waals surface area (Å²) in [4.78, 5) is 26.9. The summed E-state index contributed by atoms with van der Waals surface area (Å²) in [7, 11) is 8.42. The van der Waals surface area contributed by atoms with Crippen molar-refractivity contribution in [2.75, 3.05) is 77.5 Å². The molecule has 0 aliphatic rings. The molecule has 8 nitrogen and oxygen atoms in total. The van der Waals surface area contributed by atoms with Crippen molar-refractivity contribution >= 4 is 46.2 Å². The quantitative estimate of drug-likeness (QED) is 0.105. The van der Waals surface area contributed by atoms with Crippen LogP contribution in [0.3, 0.4) is 0 Å². The average molecular weight is 645 g/mol. The highest BCUT2D eigenvalue weighted by molar-refractivity contribution is 7.99. The Balaban J connectivity index is 1.27. The summed E-state index contributed by atoms with van der Waals surface area (Å²) in [5.41, 5.74) is 1.75. The summed E-state index contributed by atoms with van der Waals surface area (Å²) >= 11 is 7.23. The minimum absolute atomic E-state index is 0.430. The van der Waals surface area contributed by atoms with Crippen LogP contribution in [0.4, 0.5) is 0 Å². The number of thiophene rings is 2. The Morgan fingerprint density at radius 2 is 1.02 bits per heavy atom. The lowest BCUT2D eigenvalue weighted by Crippen LogP contribution is -2.13. The van der Waals surface area contributed by atoms with E-state index in [4.69, 9.17) is 9.47 Å². The van der Waals surface area contributed by atoms with Gasteiger partial charge in [-0.05, 0) is 102 Å². The van der Waals surface area contributed by atoms with E-state index in [2.05, 4.69) is 82.2 Å². The van der Waals surface area contributed by atoms with E-state index in [0.29, 0.717) is 25.2 Å². The van der Waals surface area contributed by atoms with E-state index in [1.807, 2.05) is 35.7 Å². The van der Waals surface area contributed by atoms with Crippen molar-refractivity contribution in [2.45, 2.75) is 12.8 Å². The van der Waals surface area contributed by atoms with Crippen molar-refractivity contribution in [3.8, 4) is 42.9 Å². The van der Waals surface area contributed by atoms with Crippen LogP contribution >= 0.6 is 46.2 Å². The van der Waals surface area contributed by atoms with Crippen molar-refractivity contribution in [1.29, 1.82) is 0 Å². The second-order valence-corrected chi connectivity index (χ2v) is 14.6. The van der Waals surface area contributed by atoms with Gasteiger partial charge in [-0.15, -0.1) is 22.7 Å². The maximum Gasteiger partial charge on any atom is 0.316 e. The predicted molar refractivity (Wildman–Crippen MR) is 182 cm³/mol. The number of aromatic nitrogens is 4. The van der Waals surface area contributed by atoms with Gasteiger partial charge >= 0.3 is 12.0 Å². The number of ether oxygens (including phenoxy) is 2. The molecule has 4 heterocycles. The molecule has 0 aromatic carbocycles. The van der Waals surface area contributed by atoms with E-state index in [0.717, 1.165) is 57.2 Å². The Morgan fingerprint density at radius 1 is 0.595 bits per heavy atom. The van der Waals surface area contributed by atoms with Crippen LogP contribution < -0.4 is 9.47 Å². The molecule has 0 amide bonds. The lowest BCUT2D eigenvalue weighted by atomic mass is 10.3. The Hall–Kier alpha value is -2.22. The molecule has 0 fully saturated rings. The maximum atomic E-state index is 5.83. The predicted octanol–water partition coefficient (Wildman–Crippen LogP) is 6.52. The van der Waals surface area contributed by atoms with Gasteiger partial charge in [-0.25, -0.2) is 9.97 Å². The number of hydrogen-bond donors (Lipinski definition) is 0. The fraction of sp³-hybridized carbons (Fsp3) is 0.467. The molecule has 12 heteroatoms. The standard InChI is InChI=1S/C30H40N6O2S4/c1-35(2)15-5-19-39-21-17-37-29-31-13-11-23(33-29)25-7-9-27(41-25)28-10-8-26(42-28)24-12-14-32-30(34-24)38-18-22-40-20-6-16-36(3)4/h7-14H,5-6,15-22H2,1-4H3. The van der Waals surface area contributed by atoms with E-state index in [1.165, 1.54) is 22.6 Å². The fourth-order valence-electron chi connectivity index (χ4n) is 3.86. The molecule has 0 aliphatic carbocycles. The van der Waals surface area contributed by atoms with E-state index in [9.17, 15) is 0 Å². The average Bonchev–Trinajstić information content (AvgIpc) is 3.67. The van der Waals surface area contributed by atoms with Gasteiger partial charge in [0.05, 0.1) is 21.1 Å². The van der Waals surface area contributed by atoms with Crippen LogP contribution in [0.25, 0.3) is 30.9 Å². The van der Waals surface area contributed by atoms with Crippen LogP contribution in [0.1, 0.15) is 12.8 Å². The molecular weight excluding hydrogens is 605 g/mol. The smallest absolute Gasteiger partial charge is 0.316 e. The van der Waals surface area contributed by atoms with Crippen LogP contribution in [0.15, 0.2) is 48.8 Å². The molecule has 0 N–H and O–H groups in total. The van der Waals surface area contributed by atoms with Crippen LogP contribution in [0.5, 0.6) is 12.0 Å². The monoisotopic (exact) mass is 644 g/mol. The van der Waals surface area contributed by atoms with Crippen molar-refractivity contribution in [3.05, 3.63) is 48.8 Å². The van der Waals surface area contributed by atoms with E-state index in [-0.39, 0.29) is 0 Å². The molecule has 0 spiro atoms. The highest BCUT2D eigenvalue weighted by atomic mass is 32.2. The van der Waals surface area contributed by atoms with Crippen molar-refractivity contribution in [2.24, 2.45) is 0 Å². The Bertz CT molecular complexity index is 1240. The normalized spacial score (nSPS) is 11.5. The zero-order chi connectivity index (χ0) is 29.6. The van der Waals surface area contributed by atoms with E-state index in [1.54, 1.807) is 35.1 Å². The van der Waals surface area contributed by atoms with Gasteiger partial charge in [-0.3, -0.25) is 0 Å². The third kappa shape index (κ3) is 11.1. The molecule has 42 heavy (non-hydrogen) atoms. The van der Waals surface area contributed by atoms with Gasteiger partial charge in [0.25, 0.3) is 0 Å². The zero-order valence-electron chi connectivity index (χ0n) is 24.8. The molecule has 0 unspecified atom stereocenters. The van der Waals surface area contributed by atoms with Crippen LogP contribution in [0.2, 0.25) is 0 Å². The minimum atomic E-state index is 0.430. The first-order chi connectivity index (χ1) is 20.5. The van der Waals surface area contributed by atoms with Crippen molar-refractivity contribution in [1.82, 2.24) is 29.7 Å². The summed E-state index contributed by atoms with van der Waals surface area (Å²) in [5, 5.41) is 0. The molecule has 0 radical (unpaired) electrons. The lowest BCUT2D eigenvalue weighted by Gasteiger charge is -2.08. The maximum absolute atomic E-state index is 5.83. The Kier molecular flexibility index (Phi) is 13.8. The zero-order valence-corrected chi connectivity index (χ0v) is 28.1. The lowest BCUT2D eigenvalue weighted by molar-refractivity contribution is 0.316. The molecule has 4 rings (SSSR count). The molecule has 226 valence electrons. The Morgan fingerprint density at radius 3 is 1.45 bits per heavy atom. The molecular formula is C30H40N6O2S4. The molecule has 0 bridgehead atoms. The van der Waals surface area contributed by atoms with Crippen LogP contribution in [-0.2, 0) is 0 Å². The summed E-state index contributed by atoms with van der Waals surface area (Å²) < 4.78 is 11.7. The molecule has 4 aromatic rings. The van der Waals surface area contributed by atoms with Gasteiger partial charge in [0.1, 0.15) is 13.2 Å². The highest BCUT2D eigenvalue weighted by Gasteiger charge is 2.12. The highest BCUT2D eigenvalue weighted by Crippen LogP contribution is 2.39. The van der Waals surface area contributed by atoms with E-state index >= 15 is 0 Å². The van der Waals surface area contributed by atoms with Gasteiger partial charge < -0.3 is 19.3 Å². The van der Waals surface area contributed by atoms with Crippen molar-refractivity contribution < 1.29 is 9.47 Å². The van der Waals surface area contributed by atoms with Gasteiger partial charge in [0, 0.05) is 33.7 Å². The summed E-state index contributed by atoms with van der Waals surface area (Å²) in [5.74, 6) is 4.13. The first kappa shape index (κ1) is 32.7. The molecule has 0 aliphatic heterocycles. The third-order valence-electron chi connectivity index (χ3n) is 5.93. The largest absolute Gasteiger partial charge is 0.463 e. The second kappa shape index (κ2) is 17.8. The number of thioether (sulfide) groups is 2. The second-order valence-electron chi connectivity index (χ2n) is 10.0. The minimum Gasteiger partial charge on any atom is -0.463 e. The first-order valence-corrected chi connectivity index (χ1v) is 18.0. The van der Waals surface area contributed by atoms with E-state index < -0.39 is 0 Å². The summed E-state index contributed by atoms with van der Waals surface area (Å²) in [6.07, 6.45) is 5.90. The third-order valence-corrected chi connectivity index (χ3v) is 10.4. The van der Waals surface area contributed by atoms with Crippen molar-refractivity contribution in [3.63, 3.8) is 0 Å². The van der Waals surface area contributed by atoms with Gasteiger partial charge in [-0.2, -0.15) is 33.5 Å². The Labute approximate surface area is 266 Å². The summed E-state index contributed by atoms with van der Waals surface area (Å²) in [6.45, 7) is 3.44. The fourth-order valence-corrected chi connectivity index (χ4v) is 7.38. The number of nitrogens with zero attached hydrogens (tertiary/aromatic N) is 6. The number of rotatable bonds is 19. The van der Waals surface area contributed by atoms with Crippen LogP contribution in [-0.4, -0.2) is 107 Å². The van der Waals surface area contributed by atoms with Gasteiger partial charge in [-0.1, -0.05) is 0 Å².